The van der Waals surface area contributed by atoms with E-state index in [1.807, 2.05) is 30.3 Å². The van der Waals surface area contributed by atoms with Crippen molar-refractivity contribution in [1.82, 2.24) is 15.1 Å². The minimum absolute atomic E-state index is 0. The maximum Gasteiger partial charge on any atom is 0.404 e. The number of carbonyl (C=O) groups excluding carboxylic acids is 1. The van der Waals surface area contributed by atoms with E-state index in [4.69, 9.17) is 0 Å². The van der Waals surface area contributed by atoms with E-state index in [9.17, 15) is 18.0 Å². The molecule has 28 heavy (non-hydrogen) atoms. The summed E-state index contributed by atoms with van der Waals surface area (Å²) in [4.78, 5) is 16.7. The van der Waals surface area contributed by atoms with E-state index in [0.29, 0.717) is 19.6 Å². The third kappa shape index (κ3) is 3.76. The molecule has 3 heterocycles. The van der Waals surface area contributed by atoms with E-state index in [1.165, 1.54) is 0 Å². The highest BCUT2D eigenvalue weighted by molar-refractivity contribution is 5.85. The van der Waals surface area contributed by atoms with Gasteiger partial charge in [0, 0.05) is 31.7 Å². The number of halogens is 4. The molecule has 3 atom stereocenters. The van der Waals surface area contributed by atoms with Gasteiger partial charge in [0.1, 0.15) is 0 Å². The van der Waals surface area contributed by atoms with Crippen molar-refractivity contribution in [3.63, 3.8) is 0 Å². The van der Waals surface area contributed by atoms with Crippen LogP contribution < -0.4 is 5.32 Å². The largest absolute Gasteiger partial charge is 0.404 e. The Morgan fingerprint density at radius 2 is 1.86 bits per heavy atom. The number of likely N-dealkylation sites (tertiary alicyclic amines) is 1. The fraction of sp³-hybridized carbons (Fsp3) is 0.650. The van der Waals surface area contributed by atoms with Crippen LogP contribution in [0.25, 0.3) is 0 Å². The average molecular weight is 418 g/mol. The number of nitrogens with zero attached hydrogens (tertiary/aromatic N) is 2. The van der Waals surface area contributed by atoms with Gasteiger partial charge in [-0.1, -0.05) is 30.3 Å². The van der Waals surface area contributed by atoms with E-state index in [-0.39, 0.29) is 37.5 Å². The van der Waals surface area contributed by atoms with Gasteiger partial charge in [0.15, 0.2) is 5.41 Å². The van der Waals surface area contributed by atoms with Crippen molar-refractivity contribution in [2.24, 2.45) is 5.41 Å². The van der Waals surface area contributed by atoms with Crippen LogP contribution in [0.3, 0.4) is 0 Å². The van der Waals surface area contributed by atoms with Crippen LogP contribution in [-0.4, -0.2) is 60.1 Å². The van der Waals surface area contributed by atoms with Crippen molar-refractivity contribution >= 4 is 18.3 Å². The number of alkyl halides is 3. The molecule has 1 aromatic rings. The standard InChI is InChI=1S/C20H26F3N3O.ClH/c21-20(22,23)19(9-11-25(14-19)13-15-4-2-1-3-5-15)18(27)26-16-6-7-17(26)12-24-10-8-16;/h1-5,16-17,24H,6-14H2;1H. The Hall–Kier alpha value is -1.31. The Bertz CT molecular complexity index is 673. The molecule has 1 N–H and O–H groups in total. The molecule has 3 aliphatic heterocycles. The normalized spacial score (nSPS) is 30.8. The van der Waals surface area contributed by atoms with Gasteiger partial charge in [0.05, 0.1) is 0 Å². The lowest BCUT2D eigenvalue weighted by Gasteiger charge is -2.38. The second-order valence-electron chi connectivity index (χ2n) is 8.12. The quantitative estimate of drug-likeness (QED) is 0.820. The van der Waals surface area contributed by atoms with E-state index in [2.05, 4.69) is 5.32 Å². The summed E-state index contributed by atoms with van der Waals surface area (Å²) in [7, 11) is 0. The minimum atomic E-state index is -4.53. The first kappa shape index (κ1) is 21.4. The Morgan fingerprint density at radius 3 is 2.57 bits per heavy atom. The Kier molecular flexibility index (Phi) is 6.27. The SMILES string of the molecule is Cl.O=C(N1C2CCNCC1CC2)C1(C(F)(F)F)CCN(Cc2ccccc2)C1. The molecule has 0 spiro atoms. The lowest BCUT2D eigenvalue weighted by Crippen LogP contribution is -2.57. The fourth-order valence-corrected chi connectivity index (χ4v) is 4.95. The molecule has 3 fully saturated rings. The van der Waals surface area contributed by atoms with Gasteiger partial charge in [-0.3, -0.25) is 9.69 Å². The Balaban J connectivity index is 0.00000225. The number of nitrogens with one attached hydrogen (secondary N) is 1. The van der Waals surface area contributed by atoms with Crippen LogP contribution in [0.1, 0.15) is 31.2 Å². The maximum absolute atomic E-state index is 14.2. The topological polar surface area (TPSA) is 35.6 Å². The summed E-state index contributed by atoms with van der Waals surface area (Å²) in [5.41, 5.74) is -1.30. The molecular formula is C20H27ClF3N3O. The lowest BCUT2D eigenvalue weighted by molar-refractivity contribution is -0.225. The average Bonchev–Trinajstić information content (AvgIpc) is 3.16. The van der Waals surface area contributed by atoms with Crippen LogP contribution in [0.5, 0.6) is 0 Å². The van der Waals surface area contributed by atoms with Crippen LogP contribution in [0.15, 0.2) is 30.3 Å². The molecule has 3 unspecified atom stereocenters. The molecule has 3 saturated heterocycles. The summed E-state index contributed by atoms with van der Waals surface area (Å²) in [6.07, 6.45) is -2.32. The second kappa shape index (κ2) is 8.20. The highest BCUT2D eigenvalue weighted by atomic mass is 35.5. The summed E-state index contributed by atoms with van der Waals surface area (Å²) < 4.78 is 42.7. The molecular weight excluding hydrogens is 391 g/mol. The number of carbonyl (C=O) groups is 1. The van der Waals surface area contributed by atoms with Gasteiger partial charge < -0.3 is 10.2 Å². The molecule has 0 aromatic heterocycles. The highest BCUT2D eigenvalue weighted by Crippen LogP contribution is 2.49. The first-order chi connectivity index (χ1) is 12.9. The number of amides is 1. The van der Waals surface area contributed by atoms with Crippen molar-refractivity contribution < 1.29 is 18.0 Å². The summed E-state index contributed by atoms with van der Waals surface area (Å²) >= 11 is 0. The van der Waals surface area contributed by atoms with Crippen molar-refractivity contribution in [1.29, 1.82) is 0 Å². The Labute approximate surface area is 169 Å². The number of hydrogen-bond donors (Lipinski definition) is 1. The van der Waals surface area contributed by atoms with E-state index >= 15 is 0 Å². The molecule has 8 heteroatoms. The fourth-order valence-electron chi connectivity index (χ4n) is 4.95. The van der Waals surface area contributed by atoms with E-state index < -0.39 is 17.5 Å². The molecule has 0 saturated carbocycles. The molecule has 1 amide bonds. The van der Waals surface area contributed by atoms with Gasteiger partial charge in [0.25, 0.3) is 0 Å². The molecule has 156 valence electrons. The van der Waals surface area contributed by atoms with Gasteiger partial charge in [-0.15, -0.1) is 12.4 Å². The first-order valence-corrected chi connectivity index (χ1v) is 9.77. The maximum atomic E-state index is 14.2. The summed E-state index contributed by atoms with van der Waals surface area (Å²) in [5, 5.41) is 3.26. The van der Waals surface area contributed by atoms with Crippen molar-refractivity contribution in [2.45, 2.75) is 50.5 Å². The molecule has 0 radical (unpaired) electrons. The summed E-state index contributed by atoms with van der Waals surface area (Å²) in [6.45, 7) is 1.86. The van der Waals surface area contributed by atoms with Crippen LogP contribution in [-0.2, 0) is 11.3 Å². The molecule has 3 aliphatic rings. The number of benzene rings is 1. The minimum Gasteiger partial charge on any atom is -0.335 e. The predicted octanol–water partition coefficient (Wildman–Crippen LogP) is 3.22. The van der Waals surface area contributed by atoms with Crippen LogP contribution in [0, 0.1) is 5.41 Å². The van der Waals surface area contributed by atoms with Crippen molar-refractivity contribution in [3.05, 3.63) is 35.9 Å². The van der Waals surface area contributed by atoms with Crippen molar-refractivity contribution in [3.8, 4) is 0 Å². The van der Waals surface area contributed by atoms with Gasteiger partial charge in [0.2, 0.25) is 5.91 Å². The zero-order chi connectivity index (χ0) is 19.1. The third-order valence-electron chi connectivity index (χ3n) is 6.44. The second-order valence-corrected chi connectivity index (χ2v) is 8.12. The third-order valence-corrected chi connectivity index (χ3v) is 6.44. The van der Waals surface area contributed by atoms with Crippen LogP contribution >= 0.6 is 12.4 Å². The van der Waals surface area contributed by atoms with E-state index in [0.717, 1.165) is 31.4 Å². The van der Waals surface area contributed by atoms with E-state index in [1.54, 1.807) is 9.80 Å². The number of fused-ring (bicyclic) bond motifs is 2. The zero-order valence-corrected chi connectivity index (χ0v) is 16.6. The van der Waals surface area contributed by atoms with Gasteiger partial charge >= 0.3 is 6.18 Å². The van der Waals surface area contributed by atoms with Gasteiger partial charge in [-0.2, -0.15) is 13.2 Å². The zero-order valence-electron chi connectivity index (χ0n) is 15.8. The first-order valence-electron chi connectivity index (χ1n) is 9.77. The monoisotopic (exact) mass is 417 g/mol. The van der Waals surface area contributed by atoms with Gasteiger partial charge in [-0.05, 0) is 44.3 Å². The lowest BCUT2D eigenvalue weighted by atomic mass is 9.83. The molecule has 2 bridgehead atoms. The summed E-state index contributed by atoms with van der Waals surface area (Å²) in [5.74, 6) is -0.693. The Morgan fingerprint density at radius 1 is 1.14 bits per heavy atom. The molecule has 4 nitrogen and oxygen atoms in total. The number of rotatable bonds is 3. The highest BCUT2D eigenvalue weighted by Gasteiger charge is 2.65. The summed E-state index contributed by atoms with van der Waals surface area (Å²) in [6, 6.07) is 9.32. The molecule has 0 aliphatic carbocycles. The van der Waals surface area contributed by atoms with Crippen LogP contribution in [0.4, 0.5) is 13.2 Å². The van der Waals surface area contributed by atoms with Crippen molar-refractivity contribution in [2.75, 3.05) is 26.2 Å². The smallest absolute Gasteiger partial charge is 0.335 e. The number of hydrogen-bond acceptors (Lipinski definition) is 3. The predicted molar refractivity (Wildman–Crippen MR) is 103 cm³/mol. The molecule has 4 rings (SSSR count). The molecule has 1 aromatic carbocycles. The van der Waals surface area contributed by atoms with Crippen LogP contribution in [0.2, 0.25) is 0 Å². The van der Waals surface area contributed by atoms with Gasteiger partial charge in [-0.25, -0.2) is 0 Å².